The molecule has 6 nitrogen and oxygen atoms in total. The lowest BCUT2D eigenvalue weighted by atomic mass is 10.1. The van der Waals surface area contributed by atoms with Crippen molar-refractivity contribution in [2.24, 2.45) is 0 Å². The summed E-state index contributed by atoms with van der Waals surface area (Å²) in [6, 6.07) is 18.9. The van der Waals surface area contributed by atoms with E-state index < -0.39 is 0 Å². The molecule has 0 radical (unpaired) electrons. The van der Waals surface area contributed by atoms with Crippen molar-refractivity contribution in [2.75, 3.05) is 5.32 Å². The molecular weight excluding hydrogens is 340 g/mol. The van der Waals surface area contributed by atoms with E-state index in [-0.39, 0.29) is 18.0 Å². The molecule has 0 saturated carbocycles. The van der Waals surface area contributed by atoms with Gasteiger partial charge in [0.25, 0.3) is 5.56 Å². The second kappa shape index (κ2) is 6.92. The number of rotatable bonds is 4. The normalized spacial score (nSPS) is 10.9. The molecule has 0 spiro atoms. The molecular formula is C21H18N4O2. The topological polar surface area (TPSA) is 68.4 Å². The minimum Gasteiger partial charge on any atom is -0.325 e. The molecule has 4 rings (SSSR count). The predicted molar refractivity (Wildman–Crippen MR) is 105 cm³/mol. The van der Waals surface area contributed by atoms with Gasteiger partial charge in [0.05, 0.1) is 5.69 Å². The second-order valence-electron chi connectivity index (χ2n) is 6.37. The van der Waals surface area contributed by atoms with Gasteiger partial charge in [-0.3, -0.25) is 9.59 Å². The van der Waals surface area contributed by atoms with Crippen LogP contribution in [0.4, 0.5) is 5.69 Å². The van der Waals surface area contributed by atoms with Crippen LogP contribution in [0.25, 0.3) is 16.8 Å². The molecule has 2 heterocycles. The Labute approximate surface area is 155 Å². The van der Waals surface area contributed by atoms with Crippen molar-refractivity contribution >= 4 is 17.1 Å². The van der Waals surface area contributed by atoms with E-state index >= 15 is 0 Å². The molecule has 0 saturated heterocycles. The lowest BCUT2D eigenvalue weighted by molar-refractivity contribution is -0.116. The molecule has 134 valence electrons. The number of carbonyl (C=O) groups is 1. The zero-order chi connectivity index (χ0) is 18.8. The van der Waals surface area contributed by atoms with Crippen LogP contribution in [0.15, 0.2) is 77.9 Å². The fourth-order valence-corrected chi connectivity index (χ4v) is 2.98. The zero-order valence-electron chi connectivity index (χ0n) is 14.8. The molecule has 0 aliphatic heterocycles. The Morgan fingerprint density at radius 1 is 1.04 bits per heavy atom. The number of hydrogen-bond donors (Lipinski definition) is 1. The summed E-state index contributed by atoms with van der Waals surface area (Å²) in [7, 11) is 0. The summed E-state index contributed by atoms with van der Waals surface area (Å²) < 4.78 is 2.93. The molecule has 0 bridgehead atoms. The number of anilines is 1. The van der Waals surface area contributed by atoms with Crippen LogP contribution in [0.2, 0.25) is 0 Å². The summed E-state index contributed by atoms with van der Waals surface area (Å²) in [5, 5.41) is 7.26. The first-order valence-electron chi connectivity index (χ1n) is 8.61. The molecule has 0 unspecified atom stereocenters. The quantitative estimate of drug-likeness (QED) is 0.609. The van der Waals surface area contributed by atoms with Gasteiger partial charge in [0.1, 0.15) is 12.1 Å². The number of nitrogens with one attached hydrogen (secondary N) is 1. The van der Waals surface area contributed by atoms with Crippen molar-refractivity contribution in [3.8, 4) is 11.3 Å². The maximum absolute atomic E-state index is 12.7. The fraction of sp³-hybridized carbons (Fsp3) is 0.0952. The van der Waals surface area contributed by atoms with Crippen molar-refractivity contribution in [1.29, 1.82) is 0 Å². The van der Waals surface area contributed by atoms with Crippen LogP contribution < -0.4 is 10.9 Å². The van der Waals surface area contributed by atoms with Gasteiger partial charge in [-0.2, -0.15) is 5.10 Å². The monoisotopic (exact) mass is 358 g/mol. The number of carbonyl (C=O) groups excluding carboxylic acids is 1. The zero-order valence-corrected chi connectivity index (χ0v) is 14.8. The fourth-order valence-electron chi connectivity index (χ4n) is 2.98. The van der Waals surface area contributed by atoms with E-state index in [9.17, 15) is 9.59 Å². The van der Waals surface area contributed by atoms with Gasteiger partial charge in [0.15, 0.2) is 0 Å². The van der Waals surface area contributed by atoms with E-state index in [1.807, 2.05) is 61.5 Å². The molecule has 27 heavy (non-hydrogen) atoms. The van der Waals surface area contributed by atoms with Crippen molar-refractivity contribution in [2.45, 2.75) is 13.5 Å². The lowest BCUT2D eigenvalue weighted by Gasteiger charge is -2.08. The van der Waals surface area contributed by atoms with Gasteiger partial charge in [-0.05, 0) is 30.7 Å². The van der Waals surface area contributed by atoms with Crippen LogP contribution in [0.3, 0.4) is 0 Å². The van der Waals surface area contributed by atoms with Crippen molar-refractivity contribution in [3.05, 3.63) is 89.0 Å². The Morgan fingerprint density at radius 3 is 2.63 bits per heavy atom. The molecule has 2 aromatic carbocycles. The number of aryl methyl sites for hydroxylation is 1. The third-order valence-electron chi connectivity index (χ3n) is 4.29. The van der Waals surface area contributed by atoms with Crippen LogP contribution in [0, 0.1) is 6.92 Å². The summed E-state index contributed by atoms with van der Waals surface area (Å²) in [6.07, 6.45) is 3.26. The van der Waals surface area contributed by atoms with Gasteiger partial charge in [-0.25, -0.2) is 4.52 Å². The third-order valence-corrected chi connectivity index (χ3v) is 4.29. The first-order chi connectivity index (χ1) is 13.1. The van der Waals surface area contributed by atoms with E-state index in [1.54, 1.807) is 23.0 Å². The number of fused-ring (bicyclic) bond motifs is 1. The molecule has 1 amide bonds. The van der Waals surface area contributed by atoms with Gasteiger partial charge in [-0.15, -0.1) is 0 Å². The second-order valence-corrected chi connectivity index (χ2v) is 6.37. The number of benzene rings is 2. The summed E-state index contributed by atoms with van der Waals surface area (Å²) in [5.41, 5.74) is 3.59. The van der Waals surface area contributed by atoms with Crippen molar-refractivity contribution < 1.29 is 4.79 Å². The first kappa shape index (κ1) is 16.8. The maximum Gasteiger partial charge on any atom is 0.277 e. The highest BCUT2D eigenvalue weighted by molar-refractivity contribution is 5.90. The summed E-state index contributed by atoms with van der Waals surface area (Å²) >= 11 is 0. The van der Waals surface area contributed by atoms with Crippen LogP contribution >= 0.6 is 0 Å². The van der Waals surface area contributed by atoms with Gasteiger partial charge < -0.3 is 9.88 Å². The smallest absolute Gasteiger partial charge is 0.277 e. The van der Waals surface area contributed by atoms with Crippen LogP contribution in [-0.4, -0.2) is 20.1 Å². The van der Waals surface area contributed by atoms with E-state index in [0.29, 0.717) is 11.2 Å². The Hall–Kier alpha value is -3.67. The highest BCUT2D eigenvalue weighted by Crippen LogP contribution is 2.17. The number of nitrogens with zero attached hydrogens (tertiary/aromatic N) is 3. The Morgan fingerprint density at radius 2 is 1.85 bits per heavy atom. The minimum atomic E-state index is -0.258. The van der Waals surface area contributed by atoms with E-state index in [0.717, 1.165) is 16.8 Å². The van der Waals surface area contributed by atoms with Crippen LogP contribution in [-0.2, 0) is 11.3 Å². The number of aromatic nitrogens is 3. The van der Waals surface area contributed by atoms with Crippen LogP contribution in [0.5, 0.6) is 0 Å². The minimum absolute atomic E-state index is 0.0604. The summed E-state index contributed by atoms with van der Waals surface area (Å²) in [6.45, 7) is 1.90. The highest BCUT2D eigenvalue weighted by atomic mass is 16.2. The molecule has 6 heteroatoms. The maximum atomic E-state index is 12.7. The van der Waals surface area contributed by atoms with Crippen molar-refractivity contribution in [1.82, 2.24) is 14.2 Å². The number of hydrogen-bond acceptors (Lipinski definition) is 3. The molecule has 0 aliphatic carbocycles. The number of amides is 1. The van der Waals surface area contributed by atoms with E-state index in [1.165, 1.54) is 4.57 Å². The Balaban J connectivity index is 1.60. The average Bonchev–Trinajstić information content (AvgIpc) is 3.10. The van der Waals surface area contributed by atoms with Gasteiger partial charge in [0, 0.05) is 23.6 Å². The highest BCUT2D eigenvalue weighted by Gasteiger charge is 2.11. The standard InChI is InChI=1S/C21H18N4O2/c1-15-6-5-9-17(12-15)22-20(26)14-24-10-11-25-19(21(24)27)13-18(23-25)16-7-3-2-4-8-16/h2-13H,14H2,1H3,(H,22,26). The SMILES string of the molecule is Cc1cccc(NC(=O)Cn2ccn3nc(-c4ccccc4)cc3c2=O)c1. The molecule has 2 aromatic heterocycles. The summed E-state index contributed by atoms with van der Waals surface area (Å²) in [5.74, 6) is -0.255. The summed E-state index contributed by atoms with van der Waals surface area (Å²) in [4.78, 5) is 25.1. The molecule has 0 fully saturated rings. The molecule has 0 aliphatic rings. The van der Waals surface area contributed by atoms with Gasteiger partial charge in [-0.1, -0.05) is 42.5 Å². The molecule has 4 aromatic rings. The Bertz CT molecular complexity index is 1180. The molecule has 1 N–H and O–H groups in total. The average molecular weight is 358 g/mol. The largest absolute Gasteiger partial charge is 0.325 e. The van der Waals surface area contributed by atoms with Gasteiger partial charge >= 0.3 is 0 Å². The van der Waals surface area contributed by atoms with E-state index in [4.69, 9.17) is 0 Å². The van der Waals surface area contributed by atoms with Gasteiger partial charge in [0.2, 0.25) is 5.91 Å². The Kier molecular flexibility index (Phi) is 4.30. The van der Waals surface area contributed by atoms with Crippen LogP contribution in [0.1, 0.15) is 5.56 Å². The molecule has 0 atom stereocenters. The third kappa shape index (κ3) is 3.50. The lowest BCUT2D eigenvalue weighted by Crippen LogP contribution is -2.28. The first-order valence-corrected chi connectivity index (χ1v) is 8.61. The van der Waals surface area contributed by atoms with Crippen molar-refractivity contribution in [3.63, 3.8) is 0 Å². The van der Waals surface area contributed by atoms with E-state index in [2.05, 4.69) is 10.4 Å². The predicted octanol–water partition coefficient (Wildman–Crippen LogP) is 3.11.